The highest BCUT2D eigenvalue weighted by Gasteiger charge is 2.70. The Bertz CT molecular complexity index is 2880. The molecule has 0 N–H and O–H groups in total. The van der Waals surface area contributed by atoms with Crippen molar-refractivity contribution in [3.63, 3.8) is 0 Å². The molecule has 8 aromatic rings. The molecule has 0 spiro atoms. The van der Waals surface area contributed by atoms with Crippen LogP contribution in [0.2, 0.25) is 0 Å². The van der Waals surface area contributed by atoms with Crippen molar-refractivity contribution in [2.75, 3.05) is 0 Å². The van der Waals surface area contributed by atoms with Gasteiger partial charge in [-0.1, -0.05) is 140 Å². The number of benzene rings is 6. The lowest BCUT2D eigenvalue weighted by molar-refractivity contribution is -0.220. The van der Waals surface area contributed by atoms with Gasteiger partial charge in [0, 0.05) is 39.4 Å². The van der Waals surface area contributed by atoms with Gasteiger partial charge < -0.3 is 0 Å². The number of hydrogen-bond donors (Lipinski definition) is 0. The second-order valence-electron chi connectivity index (χ2n) is 19.1. The van der Waals surface area contributed by atoms with E-state index in [9.17, 15) is 0 Å². The first-order valence-electron chi connectivity index (χ1n) is 22.9. The molecule has 7 aliphatic carbocycles. The fraction of sp³-hybridized carbons (Fsp3) is 0.241. The summed E-state index contributed by atoms with van der Waals surface area (Å²) < 4.78 is 0. The number of pyridine rings is 1. The van der Waals surface area contributed by atoms with Crippen LogP contribution >= 0.6 is 0 Å². The van der Waals surface area contributed by atoms with Gasteiger partial charge in [0.2, 0.25) is 0 Å². The molecule has 6 aromatic carbocycles. The molecule has 7 saturated carbocycles. The van der Waals surface area contributed by atoms with Gasteiger partial charge in [0.25, 0.3) is 0 Å². The first-order valence-corrected chi connectivity index (χ1v) is 22.9. The topological polar surface area (TPSA) is 51.6 Å². The van der Waals surface area contributed by atoms with Crippen molar-refractivity contribution in [2.45, 2.75) is 43.9 Å². The fourth-order valence-electron chi connectivity index (χ4n) is 13.8. The smallest absolute Gasteiger partial charge is 0.164 e. The third-order valence-corrected chi connectivity index (χ3v) is 16.1. The Morgan fingerprint density at radius 1 is 0.371 bits per heavy atom. The molecule has 2 aromatic heterocycles. The Kier molecular flexibility index (Phi) is 8.33. The molecule has 8 bridgehead atoms. The summed E-state index contributed by atoms with van der Waals surface area (Å²) in [5, 5.41) is 0. The predicted octanol–water partition coefficient (Wildman–Crippen LogP) is 13.9. The minimum atomic E-state index is 0.418. The number of aromatic nitrogens is 4. The van der Waals surface area contributed by atoms with Crippen molar-refractivity contribution >= 4 is 0 Å². The van der Waals surface area contributed by atoms with Gasteiger partial charge in [-0.3, -0.25) is 4.98 Å². The van der Waals surface area contributed by atoms with E-state index in [-0.39, 0.29) is 0 Å². The van der Waals surface area contributed by atoms with E-state index in [4.69, 9.17) is 19.9 Å². The second-order valence-corrected chi connectivity index (χ2v) is 19.1. The fourth-order valence-corrected chi connectivity index (χ4v) is 13.8. The van der Waals surface area contributed by atoms with E-state index in [1.165, 1.54) is 43.2 Å². The summed E-state index contributed by atoms with van der Waals surface area (Å²) >= 11 is 0. The molecule has 4 atom stereocenters. The zero-order valence-corrected chi connectivity index (χ0v) is 34.8. The molecule has 0 radical (unpaired) electrons. The minimum absolute atomic E-state index is 0.418. The molecular formula is C58H48N4. The molecule has 62 heavy (non-hydrogen) atoms. The number of rotatable bonds is 8. The lowest BCUT2D eigenvalue weighted by Crippen LogP contribution is -2.69. The number of hydrogen-bond acceptors (Lipinski definition) is 4. The summed E-state index contributed by atoms with van der Waals surface area (Å²) in [5.74, 6) is 8.69. The average Bonchev–Trinajstić information content (AvgIpc) is 3.36. The van der Waals surface area contributed by atoms with Crippen LogP contribution in [-0.2, 0) is 5.41 Å². The zero-order chi connectivity index (χ0) is 40.8. The highest BCUT2D eigenvalue weighted by molar-refractivity contribution is 5.87. The second kappa shape index (κ2) is 14.3. The highest BCUT2D eigenvalue weighted by Crippen LogP contribution is 2.76. The van der Waals surface area contributed by atoms with Gasteiger partial charge in [0.15, 0.2) is 17.5 Å². The van der Waals surface area contributed by atoms with Crippen LogP contribution < -0.4 is 0 Å². The van der Waals surface area contributed by atoms with Gasteiger partial charge >= 0.3 is 0 Å². The summed E-state index contributed by atoms with van der Waals surface area (Å²) in [6, 6.07) is 60.9. The van der Waals surface area contributed by atoms with Crippen molar-refractivity contribution in [1.29, 1.82) is 0 Å². The molecule has 7 fully saturated rings. The van der Waals surface area contributed by atoms with E-state index < -0.39 is 0 Å². The summed E-state index contributed by atoms with van der Waals surface area (Å²) in [6.07, 6.45) is 10.9. The van der Waals surface area contributed by atoms with Gasteiger partial charge in [-0.2, -0.15) is 0 Å². The van der Waals surface area contributed by atoms with Crippen molar-refractivity contribution in [2.24, 2.45) is 41.4 Å². The van der Waals surface area contributed by atoms with Crippen LogP contribution in [0.4, 0.5) is 0 Å². The Morgan fingerprint density at radius 2 is 0.887 bits per heavy atom. The molecule has 15 rings (SSSR count). The van der Waals surface area contributed by atoms with Gasteiger partial charge in [-0.05, 0) is 144 Å². The maximum atomic E-state index is 5.18. The SMILES string of the molecule is c1ccc(-c2nc(-c3ccccc3)nc(-c3cc(-c4cccc(-c5ccc(C67CC8CC9C%10CC(CC96)CC7C%10C8)cc5)c4)cc(-c4cccnc4-c4ccccc4)c3)n2)cc1. The van der Waals surface area contributed by atoms with Crippen molar-refractivity contribution < 1.29 is 0 Å². The molecule has 2 heterocycles. The van der Waals surface area contributed by atoms with Crippen LogP contribution in [-0.4, -0.2) is 19.9 Å². The van der Waals surface area contributed by atoms with Crippen LogP contribution in [0.1, 0.15) is 44.1 Å². The number of nitrogens with zero attached hydrogens (tertiary/aromatic N) is 4. The molecule has 4 nitrogen and oxygen atoms in total. The molecule has 4 unspecified atom stereocenters. The Morgan fingerprint density at radius 3 is 1.53 bits per heavy atom. The predicted molar refractivity (Wildman–Crippen MR) is 249 cm³/mol. The summed E-state index contributed by atoms with van der Waals surface area (Å²) in [4.78, 5) is 20.3. The first-order chi connectivity index (χ1) is 30.6. The van der Waals surface area contributed by atoms with E-state index in [1.54, 1.807) is 12.0 Å². The van der Waals surface area contributed by atoms with E-state index in [1.807, 2.05) is 48.7 Å². The molecule has 300 valence electrons. The van der Waals surface area contributed by atoms with Crippen molar-refractivity contribution in [1.82, 2.24) is 19.9 Å². The highest BCUT2D eigenvalue weighted by atomic mass is 15.0. The lowest BCUT2D eigenvalue weighted by Gasteiger charge is -2.74. The van der Waals surface area contributed by atoms with E-state index in [2.05, 4.69) is 127 Å². The molecule has 7 aliphatic rings. The Labute approximate surface area is 364 Å². The molecule has 0 amide bonds. The lowest BCUT2D eigenvalue weighted by atomic mass is 9.30. The maximum absolute atomic E-state index is 5.18. The summed E-state index contributed by atoms with van der Waals surface area (Å²) in [5.41, 5.74) is 13.8. The van der Waals surface area contributed by atoms with Crippen LogP contribution in [0.25, 0.3) is 78.8 Å². The Balaban J connectivity index is 0.927. The maximum Gasteiger partial charge on any atom is 0.164 e. The van der Waals surface area contributed by atoms with Crippen molar-refractivity contribution in [3.8, 4) is 78.8 Å². The normalized spacial score (nSPS) is 26.2. The van der Waals surface area contributed by atoms with Crippen LogP contribution in [0.5, 0.6) is 0 Å². The van der Waals surface area contributed by atoms with Crippen LogP contribution in [0.3, 0.4) is 0 Å². The van der Waals surface area contributed by atoms with Gasteiger partial charge in [-0.25, -0.2) is 15.0 Å². The van der Waals surface area contributed by atoms with E-state index in [0.717, 1.165) is 91.6 Å². The van der Waals surface area contributed by atoms with Crippen molar-refractivity contribution in [3.05, 3.63) is 182 Å². The average molecular weight is 801 g/mol. The molecule has 0 saturated heterocycles. The van der Waals surface area contributed by atoms with E-state index >= 15 is 0 Å². The largest absolute Gasteiger partial charge is 0.256 e. The van der Waals surface area contributed by atoms with Crippen LogP contribution in [0, 0.1) is 41.4 Å². The molecule has 4 heteroatoms. The first kappa shape index (κ1) is 36.2. The van der Waals surface area contributed by atoms with Gasteiger partial charge in [0.05, 0.1) is 5.69 Å². The Hall–Kier alpha value is -6.52. The van der Waals surface area contributed by atoms with Crippen LogP contribution in [0.15, 0.2) is 176 Å². The third-order valence-electron chi connectivity index (χ3n) is 16.1. The quantitative estimate of drug-likeness (QED) is 0.154. The zero-order valence-electron chi connectivity index (χ0n) is 34.8. The monoisotopic (exact) mass is 800 g/mol. The molecule has 0 aliphatic heterocycles. The third kappa shape index (κ3) is 5.79. The minimum Gasteiger partial charge on any atom is -0.256 e. The standard InChI is InChI=1S/C58H48N4/c1-4-12-39(13-5-1)54-48(20-11-25-59-54)45-32-44(33-46(34-45)57-61-55(40-14-6-2-7-15-40)60-56(62-57)41-16-8-3-9-17-41)43-19-10-18-42(31-43)38-21-23-47(24-22-38)58-35-37-27-50-49-26-36(29-52(50)58)30-53(58)51(49)28-37/h1-25,31-34,36-37,49-53H,26-30,35H2. The summed E-state index contributed by atoms with van der Waals surface area (Å²) in [7, 11) is 0. The van der Waals surface area contributed by atoms with E-state index in [0.29, 0.717) is 22.9 Å². The molecular weight excluding hydrogens is 753 g/mol. The van der Waals surface area contributed by atoms with Gasteiger partial charge in [-0.15, -0.1) is 0 Å². The summed E-state index contributed by atoms with van der Waals surface area (Å²) in [6.45, 7) is 0. The van der Waals surface area contributed by atoms with Gasteiger partial charge in [0.1, 0.15) is 0 Å².